The first-order valence-corrected chi connectivity index (χ1v) is 10.3. The number of nitrogens with one attached hydrogen (secondary N) is 1. The van der Waals surface area contributed by atoms with Gasteiger partial charge < -0.3 is 5.32 Å². The molecule has 4 nitrogen and oxygen atoms in total. The van der Waals surface area contributed by atoms with Crippen molar-refractivity contribution in [3.8, 4) is 0 Å². The molecular formula is C17H19FN2O2S2. The molecule has 1 N–H and O–H groups in total. The van der Waals surface area contributed by atoms with E-state index in [0.29, 0.717) is 25.2 Å². The number of rotatable bonds is 4. The van der Waals surface area contributed by atoms with Gasteiger partial charge in [0.05, 0.1) is 10.9 Å². The van der Waals surface area contributed by atoms with Crippen molar-refractivity contribution in [3.63, 3.8) is 0 Å². The Bertz CT molecular complexity index is 827. The summed E-state index contributed by atoms with van der Waals surface area (Å²) in [5, 5.41) is 3.20. The molecule has 1 saturated heterocycles. The van der Waals surface area contributed by atoms with Crippen LogP contribution in [0, 0.1) is 5.82 Å². The molecule has 7 heteroatoms. The summed E-state index contributed by atoms with van der Waals surface area (Å²) < 4.78 is 41.3. The molecule has 1 fully saturated rings. The molecule has 0 saturated carbocycles. The van der Waals surface area contributed by atoms with E-state index in [0.717, 1.165) is 4.90 Å². The highest BCUT2D eigenvalue weighted by Crippen LogP contribution is 2.30. The Morgan fingerprint density at radius 3 is 2.75 bits per heavy atom. The van der Waals surface area contributed by atoms with Gasteiger partial charge in [-0.3, -0.25) is 0 Å². The molecule has 2 aromatic carbocycles. The van der Waals surface area contributed by atoms with Crippen LogP contribution in [0.4, 0.5) is 4.39 Å². The first kappa shape index (κ1) is 17.4. The van der Waals surface area contributed by atoms with E-state index in [-0.39, 0.29) is 10.7 Å². The third-order valence-electron chi connectivity index (χ3n) is 4.08. The quantitative estimate of drug-likeness (QED) is 0.846. The lowest BCUT2D eigenvalue weighted by atomic mass is 10.1. The lowest BCUT2D eigenvalue weighted by Crippen LogP contribution is -2.48. The molecule has 0 bridgehead atoms. The van der Waals surface area contributed by atoms with E-state index >= 15 is 0 Å². The van der Waals surface area contributed by atoms with Crippen LogP contribution in [0.5, 0.6) is 0 Å². The monoisotopic (exact) mass is 366 g/mol. The second-order valence-electron chi connectivity index (χ2n) is 5.57. The fourth-order valence-electron chi connectivity index (χ4n) is 2.87. The van der Waals surface area contributed by atoms with Gasteiger partial charge in [0, 0.05) is 24.5 Å². The third-order valence-corrected chi connectivity index (χ3v) is 6.71. The highest BCUT2D eigenvalue weighted by Gasteiger charge is 2.34. The summed E-state index contributed by atoms with van der Waals surface area (Å²) in [6, 6.07) is 12.6. The van der Waals surface area contributed by atoms with Gasteiger partial charge in [-0.25, -0.2) is 12.8 Å². The summed E-state index contributed by atoms with van der Waals surface area (Å²) in [6.45, 7) is 1.39. The SMILES string of the molecule is CSc1cccc(S(=O)(=O)N2CCNCC2c2cccc(F)c2)c1. The molecule has 0 amide bonds. The second kappa shape index (κ2) is 7.23. The topological polar surface area (TPSA) is 49.4 Å². The molecular weight excluding hydrogens is 347 g/mol. The van der Waals surface area contributed by atoms with Crippen molar-refractivity contribution in [1.82, 2.24) is 9.62 Å². The lowest BCUT2D eigenvalue weighted by molar-refractivity contribution is 0.271. The van der Waals surface area contributed by atoms with Crippen LogP contribution in [0.2, 0.25) is 0 Å². The van der Waals surface area contributed by atoms with Gasteiger partial charge in [0.25, 0.3) is 0 Å². The van der Waals surface area contributed by atoms with Crippen molar-refractivity contribution in [2.45, 2.75) is 15.8 Å². The molecule has 0 aliphatic carbocycles. The Labute approximate surface area is 146 Å². The number of hydrogen-bond acceptors (Lipinski definition) is 4. The summed E-state index contributed by atoms with van der Waals surface area (Å²) in [6.07, 6.45) is 1.91. The number of benzene rings is 2. The van der Waals surface area contributed by atoms with Crippen LogP contribution in [-0.4, -0.2) is 38.6 Å². The first-order valence-electron chi connectivity index (χ1n) is 7.64. The summed E-state index contributed by atoms with van der Waals surface area (Å²) >= 11 is 1.50. The van der Waals surface area contributed by atoms with Crippen molar-refractivity contribution in [2.24, 2.45) is 0 Å². The average molecular weight is 366 g/mol. The Morgan fingerprint density at radius 1 is 1.21 bits per heavy atom. The molecule has 0 spiro atoms. The van der Waals surface area contributed by atoms with E-state index in [1.165, 1.54) is 28.2 Å². The Kier molecular flexibility index (Phi) is 5.24. The van der Waals surface area contributed by atoms with Crippen LogP contribution in [0.25, 0.3) is 0 Å². The maximum Gasteiger partial charge on any atom is 0.243 e. The van der Waals surface area contributed by atoms with Crippen LogP contribution < -0.4 is 5.32 Å². The molecule has 1 aliphatic heterocycles. The number of nitrogens with zero attached hydrogens (tertiary/aromatic N) is 1. The van der Waals surface area contributed by atoms with Gasteiger partial charge in [-0.2, -0.15) is 4.31 Å². The minimum atomic E-state index is -3.65. The van der Waals surface area contributed by atoms with Gasteiger partial charge in [-0.1, -0.05) is 18.2 Å². The van der Waals surface area contributed by atoms with E-state index in [2.05, 4.69) is 5.32 Å². The summed E-state index contributed by atoms with van der Waals surface area (Å²) in [5.74, 6) is -0.361. The molecule has 24 heavy (non-hydrogen) atoms. The number of halogens is 1. The summed E-state index contributed by atoms with van der Waals surface area (Å²) in [5.41, 5.74) is 0.659. The third kappa shape index (κ3) is 3.49. The average Bonchev–Trinajstić information content (AvgIpc) is 2.62. The fraction of sp³-hybridized carbons (Fsp3) is 0.294. The smallest absolute Gasteiger partial charge is 0.243 e. The maximum atomic E-state index is 13.6. The molecule has 128 valence electrons. The summed E-state index contributed by atoms with van der Waals surface area (Å²) in [4.78, 5) is 1.17. The van der Waals surface area contributed by atoms with Crippen LogP contribution in [0.15, 0.2) is 58.3 Å². The molecule has 1 unspecified atom stereocenters. The van der Waals surface area contributed by atoms with Gasteiger partial charge in [0.15, 0.2) is 0 Å². The number of thioether (sulfide) groups is 1. The van der Waals surface area contributed by atoms with Gasteiger partial charge in [0.2, 0.25) is 10.0 Å². The van der Waals surface area contributed by atoms with E-state index in [1.807, 2.05) is 12.3 Å². The molecule has 3 rings (SSSR count). The molecule has 0 radical (unpaired) electrons. The molecule has 1 atom stereocenters. The maximum absolute atomic E-state index is 13.6. The van der Waals surface area contributed by atoms with Crippen LogP contribution in [0.3, 0.4) is 0 Å². The first-order chi connectivity index (χ1) is 11.5. The van der Waals surface area contributed by atoms with Crippen LogP contribution >= 0.6 is 11.8 Å². The molecule has 1 heterocycles. The van der Waals surface area contributed by atoms with Crippen molar-refractivity contribution in [3.05, 3.63) is 59.9 Å². The van der Waals surface area contributed by atoms with Gasteiger partial charge in [-0.15, -0.1) is 11.8 Å². The Hall–Kier alpha value is -1.41. The number of piperazine rings is 1. The normalized spacial score (nSPS) is 19.3. The Morgan fingerprint density at radius 2 is 2.00 bits per heavy atom. The van der Waals surface area contributed by atoms with E-state index in [9.17, 15) is 12.8 Å². The largest absolute Gasteiger partial charge is 0.313 e. The van der Waals surface area contributed by atoms with Crippen molar-refractivity contribution in [1.29, 1.82) is 0 Å². The van der Waals surface area contributed by atoms with Crippen LogP contribution in [0.1, 0.15) is 11.6 Å². The van der Waals surface area contributed by atoms with Crippen LogP contribution in [-0.2, 0) is 10.0 Å². The fourth-order valence-corrected chi connectivity index (χ4v) is 5.06. The standard InChI is InChI=1S/C17H19FN2O2S2/c1-23-15-6-3-7-16(11-15)24(21,22)20-9-8-19-12-17(20)13-4-2-5-14(18)10-13/h2-7,10-11,17,19H,8-9,12H2,1H3. The van der Waals surface area contributed by atoms with E-state index < -0.39 is 16.1 Å². The summed E-state index contributed by atoms with van der Waals surface area (Å²) in [7, 11) is -3.65. The highest BCUT2D eigenvalue weighted by molar-refractivity contribution is 7.98. The molecule has 2 aromatic rings. The zero-order chi connectivity index (χ0) is 17.2. The van der Waals surface area contributed by atoms with E-state index in [1.54, 1.807) is 30.3 Å². The minimum absolute atomic E-state index is 0.276. The van der Waals surface area contributed by atoms with Crippen molar-refractivity contribution >= 4 is 21.8 Å². The van der Waals surface area contributed by atoms with Gasteiger partial charge in [0.1, 0.15) is 5.82 Å². The van der Waals surface area contributed by atoms with E-state index in [4.69, 9.17) is 0 Å². The van der Waals surface area contributed by atoms with Gasteiger partial charge >= 0.3 is 0 Å². The highest BCUT2D eigenvalue weighted by atomic mass is 32.2. The molecule has 1 aliphatic rings. The zero-order valence-corrected chi connectivity index (χ0v) is 14.9. The van der Waals surface area contributed by atoms with Crippen molar-refractivity contribution in [2.75, 3.05) is 25.9 Å². The minimum Gasteiger partial charge on any atom is -0.313 e. The zero-order valence-electron chi connectivity index (χ0n) is 13.3. The predicted molar refractivity (Wildman–Crippen MR) is 94.1 cm³/mol. The number of sulfonamides is 1. The molecule has 0 aromatic heterocycles. The lowest BCUT2D eigenvalue weighted by Gasteiger charge is -2.35. The number of hydrogen-bond donors (Lipinski definition) is 1. The second-order valence-corrected chi connectivity index (χ2v) is 8.34. The Balaban J connectivity index is 2.00. The predicted octanol–water partition coefficient (Wildman–Crippen LogP) is 2.88. The van der Waals surface area contributed by atoms with Gasteiger partial charge in [-0.05, 0) is 42.2 Å². The van der Waals surface area contributed by atoms with Crippen molar-refractivity contribution < 1.29 is 12.8 Å².